The van der Waals surface area contributed by atoms with Gasteiger partial charge in [0.25, 0.3) is 5.91 Å². The molecule has 23 heavy (non-hydrogen) atoms. The summed E-state index contributed by atoms with van der Waals surface area (Å²) in [5.41, 5.74) is 6.88. The molecule has 2 aromatic rings. The Morgan fingerprint density at radius 3 is 2.17 bits per heavy atom. The summed E-state index contributed by atoms with van der Waals surface area (Å²) >= 11 is 0. The van der Waals surface area contributed by atoms with E-state index < -0.39 is 0 Å². The van der Waals surface area contributed by atoms with Crippen molar-refractivity contribution in [3.8, 4) is 0 Å². The first-order valence-electron chi connectivity index (χ1n) is 7.72. The number of hydrogen-bond donors (Lipinski definition) is 0. The SMILES string of the molecule is CC1=NN(c2ccccc2)C(=O)/C1=C/c1c(C)cc(C)cc1C. The van der Waals surface area contributed by atoms with Crippen LogP contribution in [0.3, 0.4) is 0 Å². The number of benzene rings is 2. The number of hydrogen-bond acceptors (Lipinski definition) is 2. The van der Waals surface area contributed by atoms with Gasteiger partial charge in [-0.1, -0.05) is 35.9 Å². The van der Waals surface area contributed by atoms with Gasteiger partial charge < -0.3 is 0 Å². The van der Waals surface area contributed by atoms with Gasteiger partial charge in [0, 0.05) is 0 Å². The van der Waals surface area contributed by atoms with E-state index in [0.29, 0.717) is 5.57 Å². The van der Waals surface area contributed by atoms with Crippen molar-refractivity contribution in [2.24, 2.45) is 5.10 Å². The predicted molar refractivity (Wildman–Crippen MR) is 95.7 cm³/mol. The Balaban J connectivity index is 2.02. The third-order valence-corrected chi connectivity index (χ3v) is 4.09. The lowest BCUT2D eigenvalue weighted by molar-refractivity contribution is -0.114. The highest BCUT2D eigenvalue weighted by molar-refractivity contribution is 6.32. The maximum atomic E-state index is 12.8. The molecule has 3 nitrogen and oxygen atoms in total. The second-order valence-corrected chi connectivity index (χ2v) is 6.01. The lowest BCUT2D eigenvalue weighted by atomic mass is 9.97. The molecule has 3 rings (SSSR count). The van der Waals surface area contributed by atoms with Gasteiger partial charge in [-0.05, 0) is 62.6 Å². The first-order chi connectivity index (χ1) is 11.0. The maximum Gasteiger partial charge on any atom is 0.280 e. The lowest BCUT2D eigenvalue weighted by Crippen LogP contribution is -2.21. The molecular formula is C20H20N2O. The van der Waals surface area contributed by atoms with Crippen molar-refractivity contribution in [3.05, 3.63) is 70.3 Å². The number of rotatable bonds is 2. The zero-order valence-corrected chi connectivity index (χ0v) is 13.9. The standard InChI is InChI=1S/C20H20N2O/c1-13-10-14(2)18(15(3)11-13)12-19-16(4)21-22(20(19)23)17-8-6-5-7-9-17/h5-12H,1-4H3/b19-12+. The van der Waals surface area contributed by atoms with Crippen LogP contribution in [0.1, 0.15) is 29.2 Å². The molecule has 0 fully saturated rings. The third-order valence-electron chi connectivity index (χ3n) is 4.09. The fraction of sp³-hybridized carbons (Fsp3) is 0.200. The topological polar surface area (TPSA) is 32.7 Å². The monoisotopic (exact) mass is 304 g/mol. The smallest absolute Gasteiger partial charge is 0.267 e. The quantitative estimate of drug-likeness (QED) is 0.756. The Kier molecular flexibility index (Phi) is 3.87. The van der Waals surface area contributed by atoms with Gasteiger partial charge in [0.1, 0.15) is 0 Å². The Labute approximate surface area is 136 Å². The van der Waals surface area contributed by atoms with Crippen LogP contribution in [0.5, 0.6) is 0 Å². The zero-order valence-electron chi connectivity index (χ0n) is 13.9. The number of para-hydroxylation sites is 1. The Morgan fingerprint density at radius 1 is 0.957 bits per heavy atom. The van der Waals surface area contributed by atoms with E-state index in [9.17, 15) is 4.79 Å². The fourth-order valence-electron chi connectivity index (χ4n) is 2.99. The molecule has 0 aromatic heterocycles. The van der Waals surface area contributed by atoms with Gasteiger partial charge in [-0.2, -0.15) is 10.1 Å². The van der Waals surface area contributed by atoms with Crippen LogP contribution < -0.4 is 5.01 Å². The number of amides is 1. The molecular weight excluding hydrogens is 284 g/mol. The average molecular weight is 304 g/mol. The van der Waals surface area contributed by atoms with Crippen LogP contribution >= 0.6 is 0 Å². The van der Waals surface area contributed by atoms with Gasteiger partial charge in [0.15, 0.2) is 0 Å². The highest BCUT2D eigenvalue weighted by Gasteiger charge is 2.28. The molecule has 0 aliphatic carbocycles. The molecule has 0 spiro atoms. The summed E-state index contributed by atoms with van der Waals surface area (Å²) in [5.74, 6) is -0.0759. The highest BCUT2D eigenvalue weighted by atomic mass is 16.2. The van der Waals surface area contributed by atoms with E-state index in [1.165, 1.54) is 21.7 Å². The highest BCUT2D eigenvalue weighted by Crippen LogP contribution is 2.26. The van der Waals surface area contributed by atoms with Crippen molar-refractivity contribution in [1.29, 1.82) is 0 Å². The molecule has 2 aromatic carbocycles. The van der Waals surface area contributed by atoms with Gasteiger partial charge in [-0.15, -0.1) is 0 Å². The lowest BCUT2D eigenvalue weighted by Gasteiger charge is -2.12. The van der Waals surface area contributed by atoms with Crippen molar-refractivity contribution in [1.82, 2.24) is 0 Å². The summed E-state index contributed by atoms with van der Waals surface area (Å²) in [6.45, 7) is 8.12. The Bertz CT molecular complexity index is 809. The van der Waals surface area contributed by atoms with Crippen molar-refractivity contribution < 1.29 is 4.79 Å². The summed E-state index contributed by atoms with van der Waals surface area (Å²) in [4.78, 5) is 12.8. The first kappa shape index (κ1) is 15.2. The van der Waals surface area contributed by atoms with Gasteiger partial charge in [0.2, 0.25) is 0 Å². The number of carbonyl (C=O) groups excluding carboxylic acids is 1. The molecule has 0 saturated carbocycles. The first-order valence-corrected chi connectivity index (χ1v) is 7.72. The van der Waals surface area contributed by atoms with Gasteiger partial charge >= 0.3 is 0 Å². The summed E-state index contributed by atoms with van der Waals surface area (Å²) in [6, 6.07) is 13.8. The van der Waals surface area contributed by atoms with Crippen molar-refractivity contribution >= 4 is 23.4 Å². The fourth-order valence-corrected chi connectivity index (χ4v) is 2.99. The molecule has 0 N–H and O–H groups in total. The summed E-state index contributed by atoms with van der Waals surface area (Å²) in [5, 5.41) is 5.90. The van der Waals surface area contributed by atoms with Gasteiger partial charge in [-0.3, -0.25) is 4.79 Å². The van der Waals surface area contributed by atoms with E-state index in [-0.39, 0.29) is 5.91 Å². The van der Waals surface area contributed by atoms with Crippen LogP contribution in [-0.2, 0) is 4.79 Å². The molecule has 116 valence electrons. The third kappa shape index (κ3) is 2.82. The van der Waals surface area contributed by atoms with E-state index in [4.69, 9.17) is 0 Å². The van der Waals surface area contributed by atoms with E-state index in [0.717, 1.165) is 17.0 Å². The molecule has 0 saturated heterocycles. The van der Waals surface area contributed by atoms with Crippen LogP contribution in [0, 0.1) is 20.8 Å². The number of hydrazone groups is 1. The summed E-state index contributed by atoms with van der Waals surface area (Å²) < 4.78 is 0. The largest absolute Gasteiger partial charge is 0.280 e. The van der Waals surface area contributed by atoms with Crippen LogP contribution in [-0.4, -0.2) is 11.6 Å². The minimum Gasteiger partial charge on any atom is -0.267 e. The molecule has 1 aliphatic rings. The van der Waals surface area contributed by atoms with E-state index in [1.807, 2.05) is 43.3 Å². The molecule has 0 bridgehead atoms. The predicted octanol–water partition coefficient (Wildman–Crippen LogP) is 4.42. The Hall–Kier alpha value is -2.68. The number of aryl methyl sites for hydroxylation is 3. The molecule has 1 amide bonds. The van der Waals surface area contributed by atoms with Crippen LogP contribution in [0.2, 0.25) is 0 Å². The molecule has 0 atom stereocenters. The second kappa shape index (κ2) is 5.84. The van der Waals surface area contributed by atoms with Gasteiger partial charge in [-0.25, -0.2) is 0 Å². The van der Waals surface area contributed by atoms with E-state index >= 15 is 0 Å². The second-order valence-electron chi connectivity index (χ2n) is 6.01. The Morgan fingerprint density at radius 2 is 1.57 bits per heavy atom. The molecule has 1 heterocycles. The van der Waals surface area contributed by atoms with Crippen LogP contribution in [0.4, 0.5) is 5.69 Å². The van der Waals surface area contributed by atoms with Crippen molar-refractivity contribution in [2.75, 3.05) is 5.01 Å². The van der Waals surface area contributed by atoms with Crippen LogP contribution in [0.15, 0.2) is 53.1 Å². The molecule has 0 radical (unpaired) electrons. The summed E-state index contributed by atoms with van der Waals surface area (Å²) in [6.07, 6.45) is 1.97. The number of nitrogens with zero attached hydrogens (tertiary/aromatic N) is 2. The normalized spacial score (nSPS) is 16.2. The molecule has 1 aliphatic heterocycles. The van der Waals surface area contributed by atoms with Gasteiger partial charge in [0.05, 0.1) is 17.0 Å². The van der Waals surface area contributed by atoms with Crippen molar-refractivity contribution in [2.45, 2.75) is 27.7 Å². The molecule has 0 unspecified atom stereocenters. The van der Waals surface area contributed by atoms with Crippen LogP contribution in [0.25, 0.3) is 6.08 Å². The maximum absolute atomic E-state index is 12.8. The minimum absolute atomic E-state index is 0.0759. The molecule has 3 heteroatoms. The number of anilines is 1. The summed E-state index contributed by atoms with van der Waals surface area (Å²) in [7, 11) is 0. The van der Waals surface area contributed by atoms with Crippen molar-refractivity contribution in [3.63, 3.8) is 0 Å². The zero-order chi connectivity index (χ0) is 16.6. The number of carbonyl (C=O) groups is 1. The van der Waals surface area contributed by atoms with E-state index in [2.05, 4.69) is 38.0 Å². The minimum atomic E-state index is -0.0759. The van der Waals surface area contributed by atoms with E-state index in [1.54, 1.807) is 0 Å². The average Bonchev–Trinajstić information content (AvgIpc) is 2.79.